The third-order valence-electron chi connectivity index (χ3n) is 3.72. The maximum Gasteiger partial charge on any atom is 0.230 e. The molecule has 0 spiro atoms. The molecule has 1 aliphatic rings. The lowest BCUT2D eigenvalue weighted by Gasteiger charge is -2.17. The maximum absolute atomic E-state index is 12.0. The highest BCUT2D eigenvalue weighted by Gasteiger charge is 2.12. The molecule has 0 unspecified atom stereocenters. The Balaban J connectivity index is 1.58. The molecular weight excluding hydrogens is 264 g/mol. The molecule has 5 nitrogen and oxygen atoms in total. The van der Waals surface area contributed by atoms with Crippen LogP contribution in [0.4, 0.5) is 11.4 Å². The Kier molecular flexibility index (Phi) is 3.90. The van der Waals surface area contributed by atoms with Crippen molar-refractivity contribution >= 4 is 17.3 Å². The second-order valence-corrected chi connectivity index (χ2v) is 5.51. The zero-order chi connectivity index (χ0) is 14.7. The molecule has 21 heavy (non-hydrogen) atoms. The van der Waals surface area contributed by atoms with Gasteiger partial charge in [-0.2, -0.15) is 5.10 Å². The zero-order valence-electron chi connectivity index (χ0n) is 12.2. The van der Waals surface area contributed by atoms with Crippen molar-refractivity contribution in [3.63, 3.8) is 0 Å². The highest BCUT2D eigenvalue weighted by atomic mass is 16.1. The Morgan fingerprint density at radius 1 is 1.29 bits per heavy atom. The summed E-state index contributed by atoms with van der Waals surface area (Å²) in [5.74, 6) is -0.0459. The Labute approximate surface area is 124 Å². The number of carbonyl (C=O) groups excluding carboxylic acids is 1. The Morgan fingerprint density at radius 2 is 2.00 bits per heavy atom. The van der Waals surface area contributed by atoms with Gasteiger partial charge in [-0.15, -0.1) is 0 Å². The van der Waals surface area contributed by atoms with Crippen molar-refractivity contribution in [3.8, 4) is 0 Å². The van der Waals surface area contributed by atoms with Crippen molar-refractivity contribution in [3.05, 3.63) is 41.7 Å². The first-order valence-electron chi connectivity index (χ1n) is 7.36. The van der Waals surface area contributed by atoms with Gasteiger partial charge in [0.2, 0.25) is 5.91 Å². The van der Waals surface area contributed by atoms with E-state index in [0.29, 0.717) is 0 Å². The number of nitrogens with one attached hydrogen (secondary N) is 2. The van der Waals surface area contributed by atoms with Crippen molar-refractivity contribution in [2.45, 2.75) is 26.2 Å². The van der Waals surface area contributed by atoms with Gasteiger partial charge in [-0.3, -0.25) is 9.89 Å². The van der Waals surface area contributed by atoms with Crippen LogP contribution in [0.5, 0.6) is 0 Å². The molecule has 0 saturated carbocycles. The van der Waals surface area contributed by atoms with Crippen molar-refractivity contribution < 1.29 is 4.79 Å². The summed E-state index contributed by atoms with van der Waals surface area (Å²) in [6.45, 7) is 4.18. The normalized spacial score (nSPS) is 14.4. The number of aromatic nitrogens is 2. The van der Waals surface area contributed by atoms with Gasteiger partial charge in [0, 0.05) is 30.2 Å². The molecule has 2 aromatic rings. The molecule has 1 fully saturated rings. The van der Waals surface area contributed by atoms with Crippen molar-refractivity contribution in [2.75, 3.05) is 23.3 Å². The quantitative estimate of drug-likeness (QED) is 0.907. The van der Waals surface area contributed by atoms with Gasteiger partial charge in [0.15, 0.2) is 0 Å². The molecule has 2 N–H and O–H groups in total. The highest BCUT2D eigenvalue weighted by molar-refractivity contribution is 5.92. The standard InChI is InChI=1S/C16H20N4O/c1-12-10-14(19-18-12)11-16(21)17-13-4-6-15(7-5-13)20-8-2-3-9-20/h4-7,10H,2-3,8-9,11H2,1H3,(H,17,21)(H,18,19). The van der Waals surface area contributed by atoms with Gasteiger partial charge in [-0.1, -0.05) is 0 Å². The third-order valence-corrected chi connectivity index (χ3v) is 3.72. The van der Waals surface area contributed by atoms with E-state index in [1.54, 1.807) is 0 Å². The average Bonchev–Trinajstić information content (AvgIpc) is 3.11. The summed E-state index contributed by atoms with van der Waals surface area (Å²) >= 11 is 0. The van der Waals surface area contributed by atoms with Gasteiger partial charge in [-0.25, -0.2) is 0 Å². The summed E-state index contributed by atoms with van der Waals surface area (Å²) in [7, 11) is 0. The predicted molar refractivity (Wildman–Crippen MR) is 83.5 cm³/mol. The van der Waals surface area contributed by atoms with E-state index in [0.717, 1.165) is 30.2 Å². The molecule has 3 rings (SSSR count). The molecule has 0 radical (unpaired) electrons. The minimum absolute atomic E-state index is 0.0459. The van der Waals surface area contributed by atoms with Crippen LogP contribution in [0, 0.1) is 6.92 Å². The van der Waals surface area contributed by atoms with Crippen LogP contribution in [-0.4, -0.2) is 29.2 Å². The first-order chi connectivity index (χ1) is 10.2. The van der Waals surface area contributed by atoms with Crippen LogP contribution < -0.4 is 10.2 Å². The van der Waals surface area contributed by atoms with Crippen LogP contribution >= 0.6 is 0 Å². The number of rotatable bonds is 4. The van der Waals surface area contributed by atoms with Crippen molar-refractivity contribution in [2.24, 2.45) is 0 Å². The summed E-state index contributed by atoms with van der Waals surface area (Å²) in [4.78, 5) is 14.3. The second kappa shape index (κ2) is 5.99. The van der Waals surface area contributed by atoms with E-state index >= 15 is 0 Å². The summed E-state index contributed by atoms with van der Waals surface area (Å²) in [5, 5.41) is 9.82. The third kappa shape index (κ3) is 3.42. The Hall–Kier alpha value is -2.30. The van der Waals surface area contributed by atoms with Gasteiger partial charge in [-0.05, 0) is 50.1 Å². The van der Waals surface area contributed by atoms with E-state index in [4.69, 9.17) is 0 Å². The number of amides is 1. The molecule has 1 aromatic heterocycles. The van der Waals surface area contributed by atoms with Crippen molar-refractivity contribution in [1.29, 1.82) is 0 Å². The smallest absolute Gasteiger partial charge is 0.230 e. The number of H-pyrrole nitrogens is 1. The average molecular weight is 284 g/mol. The fourth-order valence-corrected chi connectivity index (χ4v) is 2.67. The number of aryl methyl sites for hydroxylation is 1. The van der Waals surface area contributed by atoms with E-state index < -0.39 is 0 Å². The Morgan fingerprint density at radius 3 is 2.62 bits per heavy atom. The van der Waals surface area contributed by atoms with Crippen LogP contribution in [0.15, 0.2) is 30.3 Å². The number of carbonyl (C=O) groups is 1. The number of aromatic amines is 1. The minimum Gasteiger partial charge on any atom is -0.372 e. The van der Waals surface area contributed by atoms with Gasteiger partial charge in [0.1, 0.15) is 0 Å². The van der Waals surface area contributed by atoms with Crippen LogP contribution in [0.2, 0.25) is 0 Å². The number of nitrogens with zero attached hydrogens (tertiary/aromatic N) is 2. The van der Waals surface area contributed by atoms with Crippen LogP contribution in [0.1, 0.15) is 24.2 Å². The predicted octanol–water partition coefficient (Wildman–Crippen LogP) is 2.50. The molecule has 1 saturated heterocycles. The molecule has 0 aliphatic carbocycles. The van der Waals surface area contributed by atoms with Crippen LogP contribution in [-0.2, 0) is 11.2 Å². The number of benzene rings is 1. The van der Waals surface area contributed by atoms with E-state index in [2.05, 4.69) is 32.5 Å². The molecule has 0 bridgehead atoms. The number of hydrogen-bond acceptors (Lipinski definition) is 3. The van der Waals surface area contributed by atoms with Gasteiger partial charge >= 0.3 is 0 Å². The van der Waals surface area contributed by atoms with Crippen molar-refractivity contribution in [1.82, 2.24) is 10.2 Å². The molecular formula is C16H20N4O. The van der Waals surface area contributed by atoms with Crippen LogP contribution in [0.3, 0.4) is 0 Å². The topological polar surface area (TPSA) is 61.0 Å². The van der Waals surface area contributed by atoms with Gasteiger partial charge < -0.3 is 10.2 Å². The number of hydrogen-bond donors (Lipinski definition) is 2. The summed E-state index contributed by atoms with van der Waals surface area (Å²) in [5.41, 5.74) is 3.79. The lowest BCUT2D eigenvalue weighted by atomic mass is 10.2. The Bertz CT molecular complexity index is 611. The second-order valence-electron chi connectivity index (χ2n) is 5.51. The first-order valence-corrected chi connectivity index (χ1v) is 7.36. The lowest BCUT2D eigenvalue weighted by Crippen LogP contribution is -2.18. The number of anilines is 2. The van der Waals surface area contributed by atoms with Gasteiger partial charge in [0.05, 0.1) is 12.1 Å². The van der Waals surface area contributed by atoms with E-state index in [1.807, 2.05) is 25.1 Å². The minimum atomic E-state index is -0.0459. The fourth-order valence-electron chi connectivity index (χ4n) is 2.67. The summed E-state index contributed by atoms with van der Waals surface area (Å²) in [6, 6.07) is 9.94. The molecule has 5 heteroatoms. The molecule has 1 amide bonds. The largest absolute Gasteiger partial charge is 0.372 e. The molecule has 1 aromatic carbocycles. The van der Waals surface area contributed by atoms with Crippen LogP contribution in [0.25, 0.3) is 0 Å². The first kappa shape index (κ1) is 13.7. The maximum atomic E-state index is 12.0. The lowest BCUT2D eigenvalue weighted by molar-refractivity contribution is -0.115. The molecule has 0 atom stereocenters. The fraction of sp³-hybridized carbons (Fsp3) is 0.375. The molecule has 1 aliphatic heterocycles. The van der Waals surface area contributed by atoms with Gasteiger partial charge in [0.25, 0.3) is 0 Å². The van der Waals surface area contributed by atoms with E-state index in [-0.39, 0.29) is 12.3 Å². The summed E-state index contributed by atoms with van der Waals surface area (Å²) < 4.78 is 0. The van der Waals surface area contributed by atoms with E-state index in [1.165, 1.54) is 18.5 Å². The highest BCUT2D eigenvalue weighted by Crippen LogP contribution is 2.22. The summed E-state index contributed by atoms with van der Waals surface area (Å²) in [6.07, 6.45) is 2.82. The zero-order valence-corrected chi connectivity index (χ0v) is 12.2. The monoisotopic (exact) mass is 284 g/mol. The van der Waals surface area contributed by atoms with E-state index in [9.17, 15) is 4.79 Å². The molecule has 2 heterocycles. The SMILES string of the molecule is Cc1cc(CC(=O)Nc2ccc(N3CCCC3)cc2)n[nH]1. The molecule has 110 valence electrons.